The number of benzene rings is 1. The van der Waals surface area contributed by atoms with Gasteiger partial charge in [-0.05, 0) is 25.2 Å². The predicted molar refractivity (Wildman–Crippen MR) is 76.5 cm³/mol. The lowest BCUT2D eigenvalue weighted by Gasteiger charge is -2.18. The molecular weight excluding hydrogens is 269 g/mol. The Morgan fingerprint density at radius 1 is 1.14 bits per heavy atom. The van der Waals surface area contributed by atoms with Gasteiger partial charge in [-0.25, -0.2) is 9.07 Å². The number of rotatable bonds is 4. The summed E-state index contributed by atoms with van der Waals surface area (Å²) in [5.74, 6) is -0.363. The molecule has 0 aliphatic heterocycles. The molecule has 2 heterocycles. The lowest BCUT2D eigenvalue weighted by atomic mass is 10.1. The van der Waals surface area contributed by atoms with Crippen molar-refractivity contribution in [3.8, 4) is 5.69 Å². The van der Waals surface area contributed by atoms with Crippen LogP contribution in [0.5, 0.6) is 0 Å². The van der Waals surface area contributed by atoms with E-state index < -0.39 is 0 Å². The highest BCUT2D eigenvalue weighted by Gasteiger charge is 2.21. The minimum atomic E-state index is -0.363. The molecule has 0 saturated carbocycles. The van der Waals surface area contributed by atoms with Crippen molar-refractivity contribution in [1.82, 2.24) is 25.3 Å². The molecule has 0 saturated heterocycles. The van der Waals surface area contributed by atoms with Crippen LogP contribution < -0.4 is 5.32 Å². The fourth-order valence-corrected chi connectivity index (χ4v) is 2.29. The van der Waals surface area contributed by atoms with E-state index in [1.807, 2.05) is 30.3 Å². The maximum absolute atomic E-state index is 14.0. The topological polar surface area (TPSA) is 55.6 Å². The van der Waals surface area contributed by atoms with E-state index in [1.54, 1.807) is 30.2 Å². The summed E-state index contributed by atoms with van der Waals surface area (Å²) in [7, 11) is 1.77. The molecule has 0 bridgehead atoms. The third-order valence-electron chi connectivity index (χ3n) is 3.28. The first-order valence-corrected chi connectivity index (χ1v) is 6.54. The fraction of sp³-hybridized carbons (Fsp3) is 0.133. The van der Waals surface area contributed by atoms with Gasteiger partial charge in [0.2, 0.25) is 0 Å². The molecular formula is C15H14FN5. The summed E-state index contributed by atoms with van der Waals surface area (Å²) >= 11 is 0. The molecule has 5 nitrogen and oxygen atoms in total. The standard InChI is InChI=1S/C15H14FN5/c1-17-15(12-7-8-18-9-13(12)16)14-10-19-20-21(14)11-5-3-2-4-6-11/h2-10,15,17H,1H3. The molecule has 0 spiro atoms. The van der Waals surface area contributed by atoms with Gasteiger partial charge in [0.15, 0.2) is 0 Å². The fourth-order valence-electron chi connectivity index (χ4n) is 2.29. The molecule has 6 heteroatoms. The monoisotopic (exact) mass is 283 g/mol. The summed E-state index contributed by atoms with van der Waals surface area (Å²) in [6, 6.07) is 10.9. The highest BCUT2D eigenvalue weighted by atomic mass is 19.1. The summed E-state index contributed by atoms with van der Waals surface area (Å²) in [4.78, 5) is 3.78. The molecule has 0 aliphatic carbocycles. The van der Waals surface area contributed by atoms with Gasteiger partial charge in [-0.1, -0.05) is 23.4 Å². The third-order valence-corrected chi connectivity index (χ3v) is 3.28. The van der Waals surface area contributed by atoms with E-state index in [2.05, 4.69) is 20.6 Å². The van der Waals surface area contributed by atoms with Gasteiger partial charge in [0.1, 0.15) is 5.82 Å². The normalized spacial score (nSPS) is 12.3. The van der Waals surface area contributed by atoms with Crippen LogP contribution in [-0.2, 0) is 0 Å². The zero-order valence-electron chi connectivity index (χ0n) is 11.4. The van der Waals surface area contributed by atoms with E-state index in [0.29, 0.717) is 5.56 Å². The maximum atomic E-state index is 14.0. The Kier molecular flexibility index (Phi) is 3.70. The average Bonchev–Trinajstić information content (AvgIpc) is 3.00. The Morgan fingerprint density at radius 3 is 2.67 bits per heavy atom. The van der Waals surface area contributed by atoms with E-state index in [-0.39, 0.29) is 11.9 Å². The lowest BCUT2D eigenvalue weighted by Crippen LogP contribution is -2.22. The van der Waals surface area contributed by atoms with Gasteiger partial charge in [-0.3, -0.25) is 4.98 Å². The largest absolute Gasteiger partial charge is 0.308 e. The first-order valence-electron chi connectivity index (χ1n) is 6.54. The molecule has 0 radical (unpaired) electrons. The van der Waals surface area contributed by atoms with Gasteiger partial charge in [0.05, 0.1) is 29.8 Å². The number of nitrogens with zero attached hydrogens (tertiary/aromatic N) is 4. The van der Waals surface area contributed by atoms with Crippen LogP contribution in [0.1, 0.15) is 17.3 Å². The molecule has 1 aromatic carbocycles. The minimum Gasteiger partial charge on any atom is -0.308 e. The smallest absolute Gasteiger partial charge is 0.146 e. The third kappa shape index (κ3) is 2.53. The van der Waals surface area contributed by atoms with Crippen LogP contribution in [0.4, 0.5) is 4.39 Å². The van der Waals surface area contributed by atoms with E-state index >= 15 is 0 Å². The number of aromatic nitrogens is 4. The Morgan fingerprint density at radius 2 is 1.95 bits per heavy atom. The van der Waals surface area contributed by atoms with Gasteiger partial charge in [-0.2, -0.15) is 0 Å². The highest BCUT2D eigenvalue weighted by molar-refractivity contribution is 5.35. The molecule has 1 atom stereocenters. The zero-order valence-corrected chi connectivity index (χ0v) is 11.4. The van der Waals surface area contributed by atoms with Gasteiger partial charge in [0.25, 0.3) is 0 Å². The van der Waals surface area contributed by atoms with Crippen molar-refractivity contribution in [3.63, 3.8) is 0 Å². The molecule has 106 valence electrons. The minimum absolute atomic E-state index is 0.358. The second kappa shape index (κ2) is 5.80. The molecule has 0 aliphatic rings. The lowest BCUT2D eigenvalue weighted by molar-refractivity contribution is 0.557. The van der Waals surface area contributed by atoms with Crippen LogP contribution in [-0.4, -0.2) is 27.0 Å². The summed E-state index contributed by atoms with van der Waals surface area (Å²) in [6.45, 7) is 0. The van der Waals surface area contributed by atoms with Crippen molar-refractivity contribution in [1.29, 1.82) is 0 Å². The maximum Gasteiger partial charge on any atom is 0.146 e. The Labute approximate surface area is 121 Å². The van der Waals surface area contributed by atoms with Crippen LogP contribution in [0.2, 0.25) is 0 Å². The summed E-state index contributed by atoms with van der Waals surface area (Å²) < 4.78 is 15.7. The van der Waals surface area contributed by atoms with E-state index in [4.69, 9.17) is 0 Å². The molecule has 1 N–H and O–H groups in total. The molecule has 0 fully saturated rings. The van der Waals surface area contributed by atoms with Crippen LogP contribution in [0.25, 0.3) is 5.69 Å². The molecule has 3 aromatic rings. The number of para-hydroxylation sites is 1. The molecule has 3 rings (SSSR count). The summed E-state index contributed by atoms with van der Waals surface area (Å²) in [5, 5.41) is 11.2. The Hall–Kier alpha value is -2.60. The molecule has 1 unspecified atom stereocenters. The second-order valence-corrected chi connectivity index (χ2v) is 4.53. The van der Waals surface area contributed by atoms with Crippen molar-refractivity contribution in [2.45, 2.75) is 6.04 Å². The van der Waals surface area contributed by atoms with Gasteiger partial charge in [-0.15, -0.1) is 5.10 Å². The van der Waals surface area contributed by atoms with Crippen molar-refractivity contribution in [3.05, 3.63) is 72.1 Å². The number of pyridine rings is 1. The number of nitrogens with one attached hydrogen (secondary N) is 1. The zero-order chi connectivity index (χ0) is 14.7. The van der Waals surface area contributed by atoms with Crippen molar-refractivity contribution in [2.75, 3.05) is 7.05 Å². The van der Waals surface area contributed by atoms with Crippen LogP contribution >= 0.6 is 0 Å². The first kappa shape index (κ1) is 13.4. The summed E-state index contributed by atoms with van der Waals surface area (Å²) in [6.07, 6.45) is 4.41. The quantitative estimate of drug-likeness (QED) is 0.797. The first-order chi connectivity index (χ1) is 10.3. The van der Waals surface area contributed by atoms with Crippen molar-refractivity contribution < 1.29 is 4.39 Å². The van der Waals surface area contributed by atoms with Crippen molar-refractivity contribution in [2.24, 2.45) is 0 Å². The van der Waals surface area contributed by atoms with Gasteiger partial charge >= 0.3 is 0 Å². The van der Waals surface area contributed by atoms with E-state index in [0.717, 1.165) is 11.4 Å². The molecule has 0 amide bonds. The average molecular weight is 283 g/mol. The molecule has 2 aromatic heterocycles. The van der Waals surface area contributed by atoms with Gasteiger partial charge < -0.3 is 5.32 Å². The van der Waals surface area contributed by atoms with Crippen LogP contribution in [0.15, 0.2) is 55.0 Å². The summed E-state index contributed by atoms with van der Waals surface area (Å²) in [5.41, 5.74) is 2.14. The Bertz CT molecular complexity index is 726. The van der Waals surface area contributed by atoms with Crippen molar-refractivity contribution >= 4 is 0 Å². The predicted octanol–water partition coefficient (Wildman–Crippen LogP) is 2.11. The highest BCUT2D eigenvalue weighted by Crippen LogP contribution is 2.24. The number of hydrogen-bond donors (Lipinski definition) is 1. The van der Waals surface area contributed by atoms with Crippen LogP contribution in [0, 0.1) is 5.82 Å². The van der Waals surface area contributed by atoms with Crippen LogP contribution in [0.3, 0.4) is 0 Å². The van der Waals surface area contributed by atoms with E-state index in [1.165, 1.54) is 6.20 Å². The molecule has 21 heavy (non-hydrogen) atoms. The van der Waals surface area contributed by atoms with Gasteiger partial charge in [0, 0.05) is 11.8 Å². The second-order valence-electron chi connectivity index (χ2n) is 4.53. The number of halogens is 1. The SMILES string of the molecule is CNC(c1ccncc1F)c1cnnn1-c1ccccc1. The van der Waals surface area contributed by atoms with E-state index in [9.17, 15) is 4.39 Å². The number of hydrogen-bond acceptors (Lipinski definition) is 4. The Balaban J connectivity index is 2.08.